The number of aryl methyl sites for hydroxylation is 2. The Balaban J connectivity index is 1.94. The van der Waals surface area contributed by atoms with E-state index in [-0.39, 0.29) is 11.9 Å². The molecule has 0 radical (unpaired) electrons. The minimum Gasteiger partial charge on any atom is -0.353 e. The highest BCUT2D eigenvalue weighted by atomic mass is 32.2. The Bertz CT molecular complexity index is 949. The van der Waals surface area contributed by atoms with Crippen LogP contribution in [0.3, 0.4) is 0 Å². The molecule has 1 amide bonds. The van der Waals surface area contributed by atoms with Crippen molar-refractivity contribution >= 4 is 17.7 Å². The summed E-state index contributed by atoms with van der Waals surface area (Å²) in [6, 6.07) is 16.6. The van der Waals surface area contributed by atoms with Gasteiger partial charge in [0, 0.05) is 17.3 Å². The van der Waals surface area contributed by atoms with Crippen molar-refractivity contribution in [2.75, 3.05) is 5.75 Å². The Kier molecular flexibility index (Phi) is 6.52. The van der Waals surface area contributed by atoms with Gasteiger partial charge in [-0.15, -0.1) is 10.2 Å². The highest BCUT2D eigenvalue weighted by Gasteiger charge is 2.17. The number of rotatable bonds is 7. The van der Waals surface area contributed by atoms with Gasteiger partial charge in [0.15, 0.2) is 11.0 Å². The van der Waals surface area contributed by atoms with Gasteiger partial charge in [0.1, 0.15) is 0 Å². The average Bonchev–Trinajstić information content (AvgIpc) is 3.11. The van der Waals surface area contributed by atoms with E-state index in [1.165, 1.54) is 17.3 Å². The van der Waals surface area contributed by atoms with E-state index in [1.54, 1.807) is 0 Å². The van der Waals surface area contributed by atoms with Gasteiger partial charge in [0.05, 0.1) is 5.75 Å². The molecule has 0 aliphatic carbocycles. The maximum absolute atomic E-state index is 12.2. The molecule has 1 N–H and O–H groups in total. The predicted molar refractivity (Wildman–Crippen MR) is 115 cm³/mol. The summed E-state index contributed by atoms with van der Waals surface area (Å²) in [6.07, 6.45) is 0.910. The third kappa shape index (κ3) is 4.81. The van der Waals surface area contributed by atoms with Gasteiger partial charge < -0.3 is 5.32 Å². The van der Waals surface area contributed by atoms with Gasteiger partial charge in [-0.1, -0.05) is 60.1 Å². The summed E-state index contributed by atoms with van der Waals surface area (Å²) in [5.74, 6) is 1.09. The van der Waals surface area contributed by atoms with E-state index < -0.39 is 0 Å². The van der Waals surface area contributed by atoms with E-state index >= 15 is 0 Å². The maximum atomic E-state index is 12.2. The van der Waals surface area contributed by atoms with Crippen molar-refractivity contribution in [2.24, 2.45) is 0 Å². The predicted octanol–water partition coefficient (Wildman–Crippen LogP) is 4.56. The Morgan fingerprint density at radius 1 is 1.11 bits per heavy atom. The topological polar surface area (TPSA) is 59.8 Å². The van der Waals surface area contributed by atoms with Crippen molar-refractivity contribution in [3.8, 4) is 17.1 Å². The fraction of sp³-hybridized carbons (Fsp3) is 0.318. The van der Waals surface area contributed by atoms with Crippen LogP contribution in [0.5, 0.6) is 0 Å². The van der Waals surface area contributed by atoms with Gasteiger partial charge in [0.25, 0.3) is 0 Å². The van der Waals surface area contributed by atoms with Gasteiger partial charge in [-0.3, -0.25) is 9.36 Å². The fourth-order valence-electron chi connectivity index (χ4n) is 2.81. The lowest BCUT2D eigenvalue weighted by atomic mass is 10.1. The van der Waals surface area contributed by atoms with Gasteiger partial charge in [0.2, 0.25) is 5.91 Å². The third-order valence-electron chi connectivity index (χ3n) is 4.55. The molecule has 146 valence electrons. The van der Waals surface area contributed by atoms with Gasteiger partial charge in [-0.2, -0.15) is 0 Å². The van der Waals surface area contributed by atoms with Crippen LogP contribution in [0.2, 0.25) is 0 Å². The molecular formula is C22H26N4OS. The quantitative estimate of drug-likeness (QED) is 0.597. The summed E-state index contributed by atoms with van der Waals surface area (Å²) in [4.78, 5) is 12.2. The molecule has 5 nitrogen and oxygen atoms in total. The number of nitrogens with zero attached hydrogens (tertiary/aromatic N) is 3. The number of benzene rings is 2. The second-order valence-corrected chi connectivity index (χ2v) is 7.95. The molecule has 0 aliphatic heterocycles. The number of carbonyl (C=O) groups excluding carboxylic acids is 1. The molecule has 3 rings (SSSR count). The second kappa shape index (κ2) is 9.06. The molecule has 28 heavy (non-hydrogen) atoms. The standard InChI is InChI=1S/C22H26N4OS/c1-5-17(4)23-20(27)14-28-22-25-24-21(18-8-6-7-16(3)13-18)26(22)19-11-9-15(2)10-12-19/h6-13,17H,5,14H2,1-4H3,(H,23,27). The van der Waals surface area contributed by atoms with Crippen molar-refractivity contribution in [3.63, 3.8) is 0 Å². The van der Waals surface area contributed by atoms with E-state index in [1.807, 2.05) is 23.6 Å². The fourth-order valence-corrected chi connectivity index (χ4v) is 3.57. The Morgan fingerprint density at radius 3 is 2.54 bits per heavy atom. The molecule has 1 atom stereocenters. The number of nitrogens with one attached hydrogen (secondary N) is 1. The van der Waals surface area contributed by atoms with Crippen LogP contribution in [0.15, 0.2) is 53.7 Å². The Morgan fingerprint density at radius 2 is 1.86 bits per heavy atom. The molecule has 6 heteroatoms. The molecule has 0 aliphatic rings. The van der Waals surface area contributed by atoms with E-state index in [0.717, 1.165) is 29.1 Å². The van der Waals surface area contributed by atoms with Crippen LogP contribution in [0, 0.1) is 13.8 Å². The summed E-state index contributed by atoms with van der Waals surface area (Å²) in [6.45, 7) is 8.19. The van der Waals surface area contributed by atoms with Crippen molar-refractivity contribution in [2.45, 2.75) is 45.3 Å². The first-order chi connectivity index (χ1) is 13.5. The minimum absolute atomic E-state index is 0.00918. The van der Waals surface area contributed by atoms with Crippen molar-refractivity contribution in [1.29, 1.82) is 0 Å². The Hall–Kier alpha value is -2.60. The first-order valence-electron chi connectivity index (χ1n) is 9.49. The van der Waals surface area contributed by atoms with Crippen LogP contribution in [0.1, 0.15) is 31.4 Å². The van der Waals surface area contributed by atoms with Crippen LogP contribution in [-0.4, -0.2) is 32.5 Å². The van der Waals surface area contributed by atoms with Gasteiger partial charge in [-0.25, -0.2) is 0 Å². The smallest absolute Gasteiger partial charge is 0.230 e. The summed E-state index contributed by atoms with van der Waals surface area (Å²) in [5, 5.41) is 12.5. The molecule has 0 saturated carbocycles. The monoisotopic (exact) mass is 394 g/mol. The van der Waals surface area contributed by atoms with Gasteiger partial charge in [-0.05, 0) is 45.4 Å². The van der Waals surface area contributed by atoms with Crippen LogP contribution >= 0.6 is 11.8 Å². The van der Waals surface area contributed by atoms with E-state index in [4.69, 9.17) is 0 Å². The van der Waals surface area contributed by atoms with Crippen molar-refractivity contribution < 1.29 is 4.79 Å². The molecule has 2 aromatic carbocycles. The first-order valence-corrected chi connectivity index (χ1v) is 10.5. The molecule has 1 unspecified atom stereocenters. The summed E-state index contributed by atoms with van der Waals surface area (Å²) < 4.78 is 2.02. The number of aromatic nitrogens is 3. The minimum atomic E-state index is 0.00918. The second-order valence-electron chi connectivity index (χ2n) is 7.01. The van der Waals surface area contributed by atoms with Crippen LogP contribution < -0.4 is 5.32 Å². The number of carbonyl (C=O) groups is 1. The zero-order valence-electron chi connectivity index (χ0n) is 16.8. The molecule has 1 aromatic heterocycles. The third-order valence-corrected chi connectivity index (χ3v) is 5.48. The molecule has 1 heterocycles. The number of hydrogen-bond donors (Lipinski definition) is 1. The van der Waals surface area contributed by atoms with Crippen LogP contribution in [0.25, 0.3) is 17.1 Å². The lowest BCUT2D eigenvalue weighted by molar-refractivity contribution is -0.119. The van der Waals surface area contributed by atoms with E-state index in [9.17, 15) is 4.79 Å². The molecule has 0 saturated heterocycles. The molecule has 0 bridgehead atoms. The Labute approximate surface area is 170 Å². The average molecular weight is 395 g/mol. The highest BCUT2D eigenvalue weighted by Crippen LogP contribution is 2.28. The van der Waals surface area contributed by atoms with Crippen molar-refractivity contribution in [3.05, 3.63) is 59.7 Å². The summed E-state index contributed by atoms with van der Waals surface area (Å²) in [5.41, 5.74) is 4.34. The van der Waals surface area contributed by atoms with Crippen LogP contribution in [-0.2, 0) is 4.79 Å². The van der Waals surface area contributed by atoms with E-state index in [2.05, 4.69) is 72.7 Å². The molecular weight excluding hydrogens is 368 g/mol. The summed E-state index contributed by atoms with van der Waals surface area (Å²) >= 11 is 1.40. The lowest BCUT2D eigenvalue weighted by Crippen LogP contribution is -2.33. The largest absolute Gasteiger partial charge is 0.353 e. The number of thioether (sulfide) groups is 1. The zero-order chi connectivity index (χ0) is 20.1. The van der Waals surface area contributed by atoms with Gasteiger partial charge >= 0.3 is 0 Å². The number of hydrogen-bond acceptors (Lipinski definition) is 4. The SMILES string of the molecule is CCC(C)NC(=O)CSc1nnc(-c2cccc(C)c2)n1-c1ccc(C)cc1. The molecule has 0 fully saturated rings. The molecule has 0 spiro atoms. The number of amides is 1. The first kappa shape index (κ1) is 20.1. The highest BCUT2D eigenvalue weighted by molar-refractivity contribution is 7.99. The van der Waals surface area contributed by atoms with Crippen molar-refractivity contribution in [1.82, 2.24) is 20.1 Å². The normalized spacial score (nSPS) is 12.0. The van der Waals surface area contributed by atoms with E-state index in [0.29, 0.717) is 10.9 Å². The van der Waals surface area contributed by atoms with Crippen LogP contribution in [0.4, 0.5) is 0 Å². The zero-order valence-corrected chi connectivity index (χ0v) is 17.6. The lowest BCUT2D eigenvalue weighted by Gasteiger charge is -2.12. The maximum Gasteiger partial charge on any atom is 0.230 e. The molecule has 3 aromatic rings. The summed E-state index contributed by atoms with van der Waals surface area (Å²) in [7, 11) is 0.